The minimum Gasteiger partial charge on any atom is -0.508 e. The van der Waals surface area contributed by atoms with Crippen LogP contribution in [0.2, 0.25) is 0 Å². The summed E-state index contributed by atoms with van der Waals surface area (Å²) in [5.74, 6) is -2.16. The lowest BCUT2D eigenvalue weighted by Gasteiger charge is -2.36. The first-order valence-electron chi connectivity index (χ1n) is 23.6. The maximum Gasteiger partial charge on any atom is 0.324 e. The lowest BCUT2D eigenvalue weighted by Crippen LogP contribution is -2.62. The van der Waals surface area contributed by atoms with E-state index in [-0.39, 0.29) is 49.8 Å². The van der Waals surface area contributed by atoms with E-state index in [9.17, 15) is 29.2 Å². The number of likely N-dealkylation sites (tertiary alicyclic amines) is 1. The smallest absolute Gasteiger partial charge is 0.324 e. The van der Waals surface area contributed by atoms with Crippen LogP contribution in [-0.2, 0) is 48.0 Å². The van der Waals surface area contributed by atoms with Gasteiger partial charge in [-0.3, -0.25) is 29.2 Å². The fourth-order valence-electron chi connectivity index (χ4n) is 10.2. The van der Waals surface area contributed by atoms with E-state index in [1.807, 2.05) is 38.2 Å². The van der Waals surface area contributed by atoms with E-state index in [4.69, 9.17) is 9.47 Å². The molecule has 4 aromatic rings. The molecule has 358 valence electrons. The van der Waals surface area contributed by atoms with Crippen LogP contribution in [0.15, 0.2) is 67.5 Å². The van der Waals surface area contributed by atoms with E-state index < -0.39 is 47.4 Å². The average molecular weight is 920 g/mol. The summed E-state index contributed by atoms with van der Waals surface area (Å²) in [5.41, 5.74) is 9.77. The number of aryl methyl sites for hydroxylation is 1. The molecule has 0 saturated carbocycles. The van der Waals surface area contributed by atoms with E-state index in [1.54, 1.807) is 37.4 Å². The summed E-state index contributed by atoms with van der Waals surface area (Å²) in [5, 5.41) is 18.1. The van der Waals surface area contributed by atoms with Crippen molar-refractivity contribution >= 4 is 34.6 Å². The topological polar surface area (TPSA) is 179 Å². The fraction of sp³-hybridized carbons (Fsp3) is 0.510. The number of nitrogens with zero attached hydrogens (tertiary/aromatic N) is 6. The second-order valence-corrected chi connectivity index (χ2v) is 19.3. The molecule has 2 saturated heterocycles. The van der Waals surface area contributed by atoms with Crippen LogP contribution in [-0.4, -0.2) is 123 Å². The highest BCUT2D eigenvalue weighted by Gasteiger charge is 2.44. The van der Waals surface area contributed by atoms with Gasteiger partial charge in [-0.25, -0.2) is 5.43 Å². The molecule has 3 aliphatic rings. The van der Waals surface area contributed by atoms with Crippen molar-refractivity contribution in [3.8, 4) is 28.1 Å². The third-order valence-electron chi connectivity index (χ3n) is 13.5. The number of rotatable bonds is 12. The Kier molecular flexibility index (Phi) is 14.9. The van der Waals surface area contributed by atoms with Gasteiger partial charge in [0.25, 0.3) is 11.9 Å². The first-order chi connectivity index (χ1) is 32.0. The van der Waals surface area contributed by atoms with Crippen molar-refractivity contribution in [3.05, 3.63) is 89.1 Å². The Morgan fingerprint density at radius 2 is 1.90 bits per heavy atom. The predicted octanol–water partition coefficient (Wildman–Crippen LogP) is 6.28. The van der Waals surface area contributed by atoms with Gasteiger partial charge in [-0.05, 0) is 103 Å². The SMILES string of the molecule is C=CC(=O)N1CC[C@H]([N+](=O)N(C)[C@H](C(=O)N[C@H]2Cc3cc(O)cc(c3)-c3ccc4c(c3)c(c(-c3cnccc3[C@H](CC)OC)n4CC)CC(C)(C)COC(=O)[C@@H]3CCCN(N3)C2=O)C(C)C)C1. The number of carbonyl (C=O) groups excluding carboxylic acids is 4. The average Bonchev–Trinajstić information content (AvgIpc) is 3.93. The van der Waals surface area contributed by atoms with Gasteiger partial charge >= 0.3 is 5.97 Å². The van der Waals surface area contributed by atoms with Crippen molar-refractivity contribution in [3.63, 3.8) is 0 Å². The zero-order valence-corrected chi connectivity index (χ0v) is 40.2. The molecule has 16 heteroatoms. The summed E-state index contributed by atoms with van der Waals surface area (Å²) in [7, 11) is 3.26. The number of cyclic esters (lactones) is 1. The Hall–Kier alpha value is -6.13. The van der Waals surface area contributed by atoms with Gasteiger partial charge in [0.05, 0.1) is 36.9 Å². The number of aromatic nitrogens is 2. The molecule has 0 unspecified atom stereocenters. The zero-order valence-electron chi connectivity index (χ0n) is 40.2. The number of amides is 3. The number of pyridine rings is 1. The summed E-state index contributed by atoms with van der Waals surface area (Å²) in [6, 6.07) is 9.90. The number of benzene rings is 2. The van der Waals surface area contributed by atoms with Gasteiger partial charge in [0.15, 0.2) is 6.04 Å². The number of esters is 1. The molecule has 3 aliphatic heterocycles. The maximum absolute atomic E-state index is 14.7. The lowest BCUT2D eigenvalue weighted by atomic mass is 9.83. The summed E-state index contributed by atoms with van der Waals surface area (Å²) < 4.78 is 14.4. The van der Waals surface area contributed by atoms with E-state index in [1.165, 1.54) is 16.1 Å². The lowest BCUT2D eigenvalue weighted by molar-refractivity contribution is -0.732. The summed E-state index contributed by atoms with van der Waals surface area (Å²) in [4.78, 5) is 76.3. The molecule has 3 amide bonds. The Morgan fingerprint density at radius 1 is 1.12 bits per heavy atom. The Balaban J connectivity index is 1.31. The normalized spacial score (nSPS) is 20.8. The number of aromatic hydroxyl groups is 1. The van der Waals surface area contributed by atoms with Gasteiger partial charge in [-0.15, -0.1) is 5.01 Å². The Labute approximate surface area is 393 Å². The number of hydrogen-bond donors (Lipinski definition) is 3. The molecule has 0 radical (unpaired) electrons. The number of phenols is 1. The van der Waals surface area contributed by atoms with Gasteiger partial charge in [0.1, 0.15) is 22.7 Å². The molecule has 2 aromatic heterocycles. The van der Waals surface area contributed by atoms with Crippen molar-refractivity contribution in [2.45, 2.75) is 117 Å². The van der Waals surface area contributed by atoms with E-state index >= 15 is 0 Å². The van der Waals surface area contributed by atoms with Crippen molar-refractivity contribution in [1.82, 2.24) is 35.2 Å². The largest absolute Gasteiger partial charge is 0.508 e. The summed E-state index contributed by atoms with van der Waals surface area (Å²) in [6.45, 7) is 17.2. The number of carbonyl (C=O) groups is 4. The van der Waals surface area contributed by atoms with Gasteiger partial charge in [0, 0.05) is 73.9 Å². The molecule has 2 aromatic carbocycles. The van der Waals surface area contributed by atoms with Crippen LogP contribution in [0, 0.1) is 16.2 Å². The molecule has 16 nitrogen and oxygen atoms in total. The number of likely N-dealkylation sites (N-methyl/N-ethyl adjacent to an activating group) is 1. The van der Waals surface area contributed by atoms with Crippen LogP contribution in [0.4, 0.5) is 0 Å². The van der Waals surface area contributed by atoms with Crippen molar-refractivity contribution < 1.29 is 38.6 Å². The van der Waals surface area contributed by atoms with E-state index in [0.717, 1.165) is 50.1 Å². The zero-order chi connectivity index (χ0) is 48.3. The highest BCUT2D eigenvalue weighted by atomic mass is 16.5. The summed E-state index contributed by atoms with van der Waals surface area (Å²) >= 11 is 0. The highest BCUT2D eigenvalue weighted by molar-refractivity contribution is 5.96. The first kappa shape index (κ1) is 48.8. The number of phenolic OH excluding ortho intramolecular Hbond substituents is 1. The quantitative estimate of drug-likeness (QED) is 0.0631. The first-order valence-corrected chi connectivity index (χ1v) is 23.6. The van der Waals surface area contributed by atoms with Crippen LogP contribution in [0.5, 0.6) is 5.75 Å². The van der Waals surface area contributed by atoms with E-state index in [0.29, 0.717) is 49.9 Å². The number of nitrogens with one attached hydrogen (secondary N) is 2. The predicted molar refractivity (Wildman–Crippen MR) is 255 cm³/mol. The molecule has 5 atom stereocenters. The van der Waals surface area contributed by atoms with Crippen LogP contribution in [0.25, 0.3) is 33.3 Å². The van der Waals surface area contributed by atoms with Crippen molar-refractivity contribution in [2.75, 3.05) is 40.4 Å². The Bertz CT molecular complexity index is 2530. The molecular weight excluding hydrogens is 853 g/mol. The molecule has 7 rings (SSSR count). The standard InChI is InChI=1S/C51H66N8O8/c1-10-44(66-9)37-17-19-52-28-40(37)47-39-27-51(6,7)30-67-50(64)41-14-13-20-58(54-41)49(63)42(24-32-22-34(25-36(60)23-32)33-15-16-43(38(39)26-33)57(47)12-3)53-48(62)46(31(4)5)55(8)59(65)35-18-21-56(29-35)45(61)11-2/h11,15-17,19,22-23,25-26,28,31,35,41-42,44,46,54H,2,10,12-14,18,20-21,24,27,29-30H2,1,3-9H3,(H-,53,60,62)/p+1/t35-,41-,42-,44-,46-/m0/s1. The monoisotopic (exact) mass is 920 g/mol. The number of fused-ring (bicyclic) bond motifs is 6. The minimum absolute atomic E-state index is 0.0147. The van der Waals surface area contributed by atoms with Crippen LogP contribution >= 0.6 is 0 Å². The highest BCUT2D eigenvalue weighted by Crippen LogP contribution is 2.43. The van der Waals surface area contributed by atoms with Gasteiger partial charge in [-0.1, -0.05) is 53.3 Å². The number of ether oxygens (including phenoxy) is 2. The fourth-order valence-corrected chi connectivity index (χ4v) is 10.2. The third kappa shape index (κ3) is 10.2. The molecule has 0 spiro atoms. The number of hydrogen-bond acceptors (Lipinski definition) is 10. The molecule has 67 heavy (non-hydrogen) atoms. The second-order valence-electron chi connectivity index (χ2n) is 19.3. The molecule has 3 N–H and O–H groups in total. The van der Waals surface area contributed by atoms with Gasteiger partial charge < -0.3 is 29.4 Å². The van der Waals surface area contributed by atoms with Gasteiger partial charge in [-0.2, -0.15) is 0 Å². The van der Waals surface area contributed by atoms with Crippen molar-refractivity contribution in [2.24, 2.45) is 11.3 Å². The molecule has 0 aliphatic carbocycles. The third-order valence-corrected chi connectivity index (χ3v) is 13.5. The summed E-state index contributed by atoms with van der Waals surface area (Å²) in [6.07, 6.45) is 7.39. The molecule has 6 bridgehead atoms. The minimum atomic E-state index is -1.17. The molecule has 5 heterocycles. The van der Waals surface area contributed by atoms with Crippen molar-refractivity contribution in [1.29, 1.82) is 0 Å². The number of methoxy groups -OCH3 is 1. The second kappa shape index (κ2) is 20.4. The number of hydrazine groups is 2. The van der Waals surface area contributed by atoms with Gasteiger partial charge in [0.2, 0.25) is 11.8 Å². The van der Waals surface area contributed by atoms with Crippen LogP contribution < -0.4 is 10.7 Å². The number of nitroso groups, excluding NO2 is 1. The Morgan fingerprint density at radius 3 is 2.60 bits per heavy atom. The maximum atomic E-state index is 14.7. The van der Waals surface area contributed by atoms with E-state index in [2.05, 4.69) is 66.7 Å². The molecular formula is C51H67N8O8+. The van der Waals surface area contributed by atoms with Crippen LogP contribution in [0.1, 0.15) is 90.0 Å². The molecule has 2 fully saturated rings. The van der Waals surface area contributed by atoms with Crippen LogP contribution in [0.3, 0.4) is 0 Å².